The van der Waals surface area contributed by atoms with Gasteiger partial charge in [0.1, 0.15) is 18.3 Å². The Hall–Kier alpha value is -2.27. The SMILES string of the molecule is CNC(=O)OO[C@H]1[C@H](O)[C@@H](O)[C@@](O)(c2cccc3ccccc23)O[C@@H]1CO. The number of ether oxygens (including phenoxy) is 1. The lowest BCUT2D eigenvalue weighted by molar-refractivity contribution is -0.402. The van der Waals surface area contributed by atoms with Crippen molar-refractivity contribution < 1.29 is 39.7 Å². The molecule has 3 rings (SSSR count). The van der Waals surface area contributed by atoms with Crippen molar-refractivity contribution in [1.82, 2.24) is 5.32 Å². The van der Waals surface area contributed by atoms with Crippen molar-refractivity contribution in [1.29, 1.82) is 0 Å². The van der Waals surface area contributed by atoms with Gasteiger partial charge in [-0.2, -0.15) is 4.89 Å². The van der Waals surface area contributed by atoms with Gasteiger partial charge >= 0.3 is 6.09 Å². The van der Waals surface area contributed by atoms with Crippen LogP contribution >= 0.6 is 0 Å². The highest BCUT2D eigenvalue weighted by Crippen LogP contribution is 2.40. The molecule has 1 fully saturated rings. The monoisotopic (exact) mass is 379 g/mol. The van der Waals surface area contributed by atoms with Crippen molar-refractivity contribution in [2.24, 2.45) is 0 Å². The van der Waals surface area contributed by atoms with Gasteiger partial charge in [0.05, 0.1) is 6.61 Å². The highest BCUT2D eigenvalue weighted by atomic mass is 17.2. The Morgan fingerprint density at radius 1 is 1.22 bits per heavy atom. The van der Waals surface area contributed by atoms with Crippen molar-refractivity contribution in [3.05, 3.63) is 48.0 Å². The molecule has 1 aliphatic rings. The Kier molecular flexibility index (Phi) is 5.61. The third kappa shape index (κ3) is 3.48. The van der Waals surface area contributed by atoms with Gasteiger partial charge in [-0.05, 0) is 10.8 Å². The van der Waals surface area contributed by atoms with Gasteiger partial charge in [0.15, 0.2) is 6.10 Å². The molecule has 1 saturated heterocycles. The Balaban J connectivity index is 1.96. The van der Waals surface area contributed by atoms with Crippen molar-refractivity contribution in [2.45, 2.75) is 30.2 Å². The molecular formula is C18H21NO8. The Morgan fingerprint density at radius 3 is 2.63 bits per heavy atom. The molecule has 2 aromatic rings. The summed E-state index contributed by atoms with van der Waals surface area (Å²) >= 11 is 0. The number of aliphatic hydroxyl groups is 4. The van der Waals surface area contributed by atoms with Crippen molar-refractivity contribution in [3.63, 3.8) is 0 Å². The average molecular weight is 379 g/mol. The van der Waals surface area contributed by atoms with E-state index in [1.165, 1.54) is 7.05 Å². The van der Waals surface area contributed by atoms with Gasteiger partial charge in [-0.25, -0.2) is 4.79 Å². The van der Waals surface area contributed by atoms with Crippen LogP contribution in [0.15, 0.2) is 42.5 Å². The number of rotatable bonds is 4. The lowest BCUT2D eigenvalue weighted by Crippen LogP contribution is -2.64. The molecule has 27 heavy (non-hydrogen) atoms. The summed E-state index contributed by atoms with van der Waals surface area (Å²) in [5.74, 6) is -2.32. The third-order valence-electron chi connectivity index (χ3n) is 4.55. The maximum Gasteiger partial charge on any atom is 0.438 e. The third-order valence-corrected chi connectivity index (χ3v) is 4.55. The zero-order chi connectivity index (χ0) is 19.6. The molecule has 0 radical (unpaired) electrons. The second kappa shape index (κ2) is 7.77. The van der Waals surface area contributed by atoms with E-state index in [1.807, 2.05) is 18.2 Å². The Morgan fingerprint density at radius 2 is 1.93 bits per heavy atom. The summed E-state index contributed by atoms with van der Waals surface area (Å²) in [4.78, 5) is 20.4. The molecule has 0 aromatic heterocycles. The van der Waals surface area contributed by atoms with Gasteiger partial charge in [0.2, 0.25) is 5.79 Å². The van der Waals surface area contributed by atoms with Gasteiger partial charge in [-0.15, -0.1) is 0 Å². The van der Waals surface area contributed by atoms with E-state index in [1.54, 1.807) is 24.3 Å². The Labute approximate surface area is 154 Å². The fourth-order valence-electron chi connectivity index (χ4n) is 3.16. The van der Waals surface area contributed by atoms with Crippen molar-refractivity contribution in [2.75, 3.05) is 13.7 Å². The number of nitrogens with one attached hydrogen (secondary N) is 1. The topological polar surface area (TPSA) is 138 Å². The summed E-state index contributed by atoms with van der Waals surface area (Å²) in [5, 5.41) is 45.3. The maximum atomic E-state index is 11.2. The van der Waals surface area contributed by atoms with Gasteiger partial charge in [0.25, 0.3) is 0 Å². The zero-order valence-electron chi connectivity index (χ0n) is 14.5. The normalized spacial score (nSPS) is 30.9. The van der Waals surface area contributed by atoms with Gasteiger partial charge in [-0.1, -0.05) is 42.5 Å². The predicted molar refractivity (Wildman–Crippen MR) is 92.2 cm³/mol. The molecule has 146 valence electrons. The van der Waals surface area contributed by atoms with E-state index in [2.05, 4.69) is 10.2 Å². The first-order valence-corrected chi connectivity index (χ1v) is 8.32. The first-order chi connectivity index (χ1) is 12.9. The van der Waals surface area contributed by atoms with E-state index in [-0.39, 0.29) is 5.56 Å². The zero-order valence-corrected chi connectivity index (χ0v) is 14.5. The van der Waals surface area contributed by atoms with Crippen LogP contribution in [0.4, 0.5) is 4.79 Å². The molecule has 0 bridgehead atoms. The Bertz CT molecular complexity index is 808. The molecule has 1 heterocycles. The molecule has 1 amide bonds. The standard InChI is InChI=1S/C18H21NO8/c1-19-17(23)27-26-15-13(9-20)25-18(24,16(22)14(15)21)12-8-4-6-10-5-2-3-7-11(10)12/h2-8,13-16,20-22,24H,9H2,1H3,(H,19,23)/t13-,14+,15-,16-,18-/m1/s1. The summed E-state index contributed by atoms with van der Waals surface area (Å²) in [7, 11) is 1.30. The van der Waals surface area contributed by atoms with Gasteiger partial charge < -0.3 is 30.5 Å². The molecule has 1 aliphatic heterocycles. The maximum absolute atomic E-state index is 11.2. The van der Waals surface area contributed by atoms with Crippen LogP contribution < -0.4 is 5.32 Å². The minimum Gasteiger partial charge on any atom is -0.394 e. The molecule has 0 spiro atoms. The quantitative estimate of drug-likeness (QED) is 0.362. The van der Waals surface area contributed by atoms with E-state index in [0.717, 1.165) is 5.39 Å². The largest absolute Gasteiger partial charge is 0.438 e. The van der Waals surface area contributed by atoms with Crippen LogP contribution in [0.2, 0.25) is 0 Å². The molecule has 9 nitrogen and oxygen atoms in total. The lowest BCUT2D eigenvalue weighted by Gasteiger charge is -2.46. The van der Waals surface area contributed by atoms with Crippen LogP contribution in [0, 0.1) is 0 Å². The number of hydrogen-bond acceptors (Lipinski definition) is 8. The van der Waals surface area contributed by atoms with Crippen LogP contribution in [0.1, 0.15) is 5.56 Å². The van der Waals surface area contributed by atoms with E-state index < -0.39 is 42.9 Å². The van der Waals surface area contributed by atoms with E-state index in [0.29, 0.717) is 5.39 Å². The highest BCUT2D eigenvalue weighted by Gasteiger charge is 2.55. The van der Waals surface area contributed by atoms with Crippen LogP contribution in [-0.4, -0.2) is 64.6 Å². The minimum absolute atomic E-state index is 0.219. The predicted octanol–water partition coefficient (Wildman–Crippen LogP) is -0.246. The molecular weight excluding hydrogens is 358 g/mol. The number of benzene rings is 2. The lowest BCUT2D eigenvalue weighted by atomic mass is 9.86. The highest BCUT2D eigenvalue weighted by molar-refractivity contribution is 5.86. The van der Waals surface area contributed by atoms with Crippen LogP contribution in [0.5, 0.6) is 0 Å². The number of hydrogen-bond donors (Lipinski definition) is 5. The fraction of sp³-hybridized carbons (Fsp3) is 0.389. The summed E-state index contributed by atoms with van der Waals surface area (Å²) in [6, 6.07) is 12.2. The minimum atomic E-state index is -2.32. The molecule has 9 heteroatoms. The molecule has 5 atom stereocenters. The summed E-state index contributed by atoms with van der Waals surface area (Å²) < 4.78 is 5.54. The second-order valence-electron chi connectivity index (χ2n) is 6.18. The molecule has 0 unspecified atom stereocenters. The van der Waals surface area contributed by atoms with Crippen LogP contribution in [-0.2, 0) is 20.3 Å². The smallest absolute Gasteiger partial charge is 0.394 e. The number of aliphatic hydroxyl groups excluding tert-OH is 3. The fourth-order valence-corrected chi connectivity index (χ4v) is 3.16. The van der Waals surface area contributed by atoms with Crippen LogP contribution in [0.3, 0.4) is 0 Å². The molecule has 2 aromatic carbocycles. The molecule has 0 saturated carbocycles. The second-order valence-corrected chi connectivity index (χ2v) is 6.18. The number of carbonyl (C=O) groups is 1. The summed E-state index contributed by atoms with van der Waals surface area (Å²) in [5.41, 5.74) is 0.219. The molecule has 5 N–H and O–H groups in total. The van der Waals surface area contributed by atoms with Crippen LogP contribution in [0.25, 0.3) is 10.8 Å². The number of fused-ring (bicyclic) bond motifs is 1. The number of amides is 1. The summed E-state index contributed by atoms with van der Waals surface area (Å²) in [6.07, 6.45) is -7.20. The van der Waals surface area contributed by atoms with E-state index in [9.17, 15) is 25.2 Å². The van der Waals surface area contributed by atoms with E-state index >= 15 is 0 Å². The first-order valence-electron chi connectivity index (χ1n) is 8.32. The molecule has 0 aliphatic carbocycles. The van der Waals surface area contributed by atoms with Crippen molar-refractivity contribution >= 4 is 16.9 Å². The number of carbonyl (C=O) groups excluding carboxylic acids is 1. The van der Waals surface area contributed by atoms with Crippen molar-refractivity contribution in [3.8, 4) is 0 Å². The first kappa shape index (κ1) is 19.5. The van der Waals surface area contributed by atoms with E-state index in [4.69, 9.17) is 9.62 Å². The van der Waals surface area contributed by atoms with Gasteiger partial charge in [0, 0.05) is 12.6 Å². The van der Waals surface area contributed by atoms with Gasteiger partial charge in [-0.3, -0.25) is 4.89 Å². The average Bonchev–Trinajstić information content (AvgIpc) is 2.70. The summed E-state index contributed by atoms with van der Waals surface area (Å²) in [6.45, 7) is -0.668.